The number of carbonyl (C=O) groups is 4. The third-order valence-corrected chi connectivity index (χ3v) is 6.34. The van der Waals surface area contributed by atoms with Gasteiger partial charge in [-0.25, -0.2) is 9.59 Å². The van der Waals surface area contributed by atoms with Gasteiger partial charge in [0.25, 0.3) is 11.6 Å². The molecule has 0 fully saturated rings. The molecular weight excluding hydrogens is 502 g/mol. The third kappa shape index (κ3) is 6.70. The van der Waals surface area contributed by atoms with Crippen LogP contribution in [0.15, 0.2) is 65.6 Å². The fraction of sp³-hybridized carbons (Fsp3) is 0.120. The van der Waals surface area contributed by atoms with Crippen LogP contribution in [0.2, 0.25) is 0 Å². The molecule has 0 saturated heterocycles. The molecule has 4 N–H and O–H groups in total. The van der Waals surface area contributed by atoms with E-state index in [9.17, 15) is 34.4 Å². The van der Waals surface area contributed by atoms with E-state index in [1.165, 1.54) is 23.9 Å². The van der Waals surface area contributed by atoms with Crippen molar-refractivity contribution in [2.24, 2.45) is 0 Å². The number of aromatic carboxylic acids is 2. The molecule has 190 valence electrons. The van der Waals surface area contributed by atoms with Crippen LogP contribution in [-0.4, -0.2) is 44.1 Å². The highest BCUT2D eigenvalue weighted by Gasteiger charge is 2.20. The highest BCUT2D eigenvalue weighted by Crippen LogP contribution is 2.27. The van der Waals surface area contributed by atoms with Gasteiger partial charge in [0.2, 0.25) is 5.91 Å². The number of aryl methyl sites for hydroxylation is 1. The predicted octanol–water partition coefficient (Wildman–Crippen LogP) is 4.67. The Balaban J connectivity index is 1.66. The maximum absolute atomic E-state index is 12.6. The second kappa shape index (κ2) is 11.4. The minimum atomic E-state index is -1.44. The molecule has 11 nitrogen and oxygen atoms in total. The second-order valence-electron chi connectivity index (χ2n) is 7.85. The summed E-state index contributed by atoms with van der Waals surface area (Å²) in [4.78, 5) is 59.0. The zero-order valence-electron chi connectivity index (χ0n) is 19.6. The Morgan fingerprint density at radius 2 is 1.57 bits per heavy atom. The SMILES string of the molecule is Cc1ccc([N+](=O)[O-])cc1NC(=O)C(C)Sc1ccc(NC(=O)c2ccc(C(=O)O)cc2C(=O)O)cc1. The highest BCUT2D eigenvalue weighted by atomic mass is 32.2. The number of non-ortho nitro benzene ring substituents is 1. The van der Waals surface area contributed by atoms with Gasteiger partial charge in [0, 0.05) is 22.7 Å². The molecule has 0 aliphatic rings. The average Bonchev–Trinajstić information content (AvgIpc) is 2.85. The van der Waals surface area contributed by atoms with Crippen LogP contribution in [0.4, 0.5) is 17.1 Å². The predicted molar refractivity (Wildman–Crippen MR) is 137 cm³/mol. The van der Waals surface area contributed by atoms with Gasteiger partial charge in [-0.2, -0.15) is 0 Å². The van der Waals surface area contributed by atoms with E-state index in [2.05, 4.69) is 10.6 Å². The van der Waals surface area contributed by atoms with Crippen LogP contribution >= 0.6 is 11.8 Å². The summed E-state index contributed by atoms with van der Waals surface area (Å²) in [5.41, 5.74) is 0.362. The Bertz CT molecular complexity index is 1410. The number of nitrogens with one attached hydrogen (secondary N) is 2. The summed E-state index contributed by atoms with van der Waals surface area (Å²) in [5, 5.41) is 34.1. The summed E-state index contributed by atoms with van der Waals surface area (Å²) in [6, 6.07) is 13.9. The van der Waals surface area contributed by atoms with Crippen molar-refractivity contribution in [2.75, 3.05) is 10.6 Å². The molecule has 0 aliphatic carbocycles. The lowest BCUT2D eigenvalue weighted by molar-refractivity contribution is -0.384. The van der Waals surface area contributed by atoms with Crippen molar-refractivity contribution in [2.45, 2.75) is 24.0 Å². The number of carboxylic acid groups (broad SMARTS) is 2. The molecule has 3 aromatic rings. The first kappa shape index (κ1) is 26.9. The van der Waals surface area contributed by atoms with Gasteiger partial charge < -0.3 is 20.8 Å². The van der Waals surface area contributed by atoms with Crippen molar-refractivity contribution in [3.8, 4) is 0 Å². The molecule has 1 unspecified atom stereocenters. The lowest BCUT2D eigenvalue weighted by atomic mass is 10.0. The summed E-state index contributed by atoms with van der Waals surface area (Å²) >= 11 is 1.23. The number of amides is 2. The standard InChI is InChI=1S/C25H21N3O8S/c1-13-3-7-17(28(35)36)12-21(13)27-22(29)14(2)37-18-8-5-16(6-9-18)26-23(30)19-10-4-15(24(31)32)11-20(19)25(33)34/h3-12,14H,1-2H3,(H,26,30)(H,27,29)(H,31,32)(H,33,34). The van der Waals surface area contributed by atoms with Gasteiger partial charge in [0.15, 0.2) is 0 Å². The van der Waals surface area contributed by atoms with E-state index in [1.54, 1.807) is 44.2 Å². The van der Waals surface area contributed by atoms with E-state index >= 15 is 0 Å². The largest absolute Gasteiger partial charge is 0.478 e. The lowest BCUT2D eigenvalue weighted by Crippen LogP contribution is -2.22. The molecule has 0 aliphatic heterocycles. The molecule has 37 heavy (non-hydrogen) atoms. The third-order valence-electron chi connectivity index (χ3n) is 5.23. The van der Waals surface area contributed by atoms with Gasteiger partial charge in [-0.3, -0.25) is 19.7 Å². The van der Waals surface area contributed by atoms with Crippen molar-refractivity contribution in [1.29, 1.82) is 0 Å². The van der Waals surface area contributed by atoms with E-state index < -0.39 is 33.6 Å². The normalized spacial score (nSPS) is 11.3. The first-order chi connectivity index (χ1) is 17.5. The zero-order chi connectivity index (χ0) is 27.3. The van der Waals surface area contributed by atoms with Gasteiger partial charge in [0.05, 0.1) is 32.6 Å². The summed E-state index contributed by atoms with van der Waals surface area (Å²) in [7, 11) is 0. The van der Waals surface area contributed by atoms with Crippen molar-refractivity contribution >= 4 is 52.6 Å². The summed E-state index contributed by atoms with van der Waals surface area (Å²) < 4.78 is 0. The van der Waals surface area contributed by atoms with Crippen LogP contribution in [-0.2, 0) is 4.79 Å². The van der Waals surface area contributed by atoms with Crippen molar-refractivity contribution in [3.63, 3.8) is 0 Å². The minimum Gasteiger partial charge on any atom is -0.478 e. The number of anilines is 2. The fourth-order valence-corrected chi connectivity index (χ4v) is 4.09. The van der Waals surface area contributed by atoms with Crippen LogP contribution in [0, 0.1) is 17.0 Å². The van der Waals surface area contributed by atoms with E-state index in [0.717, 1.165) is 18.2 Å². The number of hydrogen-bond acceptors (Lipinski definition) is 7. The molecule has 12 heteroatoms. The Kier molecular flexibility index (Phi) is 8.25. The maximum Gasteiger partial charge on any atom is 0.336 e. The smallest absolute Gasteiger partial charge is 0.336 e. The monoisotopic (exact) mass is 523 g/mol. The van der Waals surface area contributed by atoms with Crippen LogP contribution in [0.1, 0.15) is 43.6 Å². The molecule has 0 bridgehead atoms. The first-order valence-corrected chi connectivity index (χ1v) is 11.6. The number of thioether (sulfide) groups is 1. The van der Waals surface area contributed by atoms with Crippen molar-refractivity contribution < 1.29 is 34.3 Å². The van der Waals surface area contributed by atoms with Gasteiger partial charge in [-0.15, -0.1) is 11.8 Å². The van der Waals surface area contributed by atoms with Crippen LogP contribution in [0.5, 0.6) is 0 Å². The second-order valence-corrected chi connectivity index (χ2v) is 9.27. The first-order valence-electron chi connectivity index (χ1n) is 10.7. The van der Waals surface area contributed by atoms with E-state index in [4.69, 9.17) is 5.11 Å². The zero-order valence-corrected chi connectivity index (χ0v) is 20.4. The molecule has 1 atom stereocenters. The number of nitrogens with zero attached hydrogens (tertiary/aromatic N) is 1. The number of carboxylic acids is 2. The van der Waals surface area contributed by atoms with Gasteiger partial charge in [0.1, 0.15) is 0 Å². The maximum atomic E-state index is 12.6. The number of nitro groups is 1. The molecule has 0 spiro atoms. The summed E-state index contributed by atoms with van der Waals surface area (Å²) in [6.45, 7) is 3.40. The summed E-state index contributed by atoms with van der Waals surface area (Å²) in [6.07, 6.45) is 0. The summed E-state index contributed by atoms with van der Waals surface area (Å²) in [5.74, 6) is -3.83. The topological polar surface area (TPSA) is 176 Å². The van der Waals surface area contributed by atoms with Gasteiger partial charge in [-0.1, -0.05) is 6.07 Å². The van der Waals surface area contributed by atoms with E-state index in [-0.39, 0.29) is 22.7 Å². The van der Waals surface area contributed by atoms with Crippen molar-refractivity contribution in [1.82, 2.24) is 0 Å². The number of benzene rings is 3. The number of rotatable bonds is 9. The quantitative estimate of drug-likeness (QED) is 0.176. The Hall–Kier alpha value is -4.71. The molecule has 0 heterocycles. The van der Waals surface area contributed by atoms with Gasteiger partial charge >= 0.3 is 11.9 Å². The fourth-order valence-electron chi connectivity index (χ4n) is 3.22. The van der Waals surface area contributed by atoms with E-state index in [1.807, 2.05) is 0 Å². The van der Waals surface area contributed by atoms with Crippen LogP contribution in [0.25, 0.3) is 0 Å². The number of carbonyl (C=O) groups excluding carboxylic acids is 2. The molecule has 0 saturated carbocycles. The van der Waals surface area contributed by atoms with E-state index in [0.29, 0.717) is 21.8 Å². The number of hydrogen-bond donors (Lipinski definition) is 4. The molecule has 3 rings (SSSR count). The van der Waals surface area contributed by atoms with Gasteiger partial charge in [-0.05, 0) is 61.9 Å². The molecular formula is C25H21N3O8S. The van der Waals surface area contributed by atoms with Crippen molar-refractivity contribution in [3.05, 3.63) is 93.0 Å². The lowest BCUT2D eigenvalue weighted by Gasteiger charge is -2.14. The molecule has 2 amide bonds. The molecule has 0 aromatic heterocycles. The number of nitro benzene ring substituents is 1. The Labute approximate surface area is 214 Å². The Morgan fingerprint density at radius 1 is 0.892 bits per heavy atom. The van der Waals surface area contributed by atoms with Crippen LogP contribution < -0.4 is 10.6 Å². The highest BCUT2D eigenvalue weighted by molar-refractivity contribution is 8.00. The Morgan fingerprint density at radius 3 is 2.16 bits per heavy atom. The van der Waals surface area contributed by atoms with Crippen LogP contribution in [0.3, 0.4) is 0 Å². The average molecular weight is 524 g/mol. The molecule has 3 aromatic carbocycles. The minimum absolute atomic E-state index is 0.132. The molecule has 0 radical (unpaired) electrons.